The van der Waals surface area contributed by atoms with Crippen LogP contribution in [0, 0.1) is 13.8 Å². The van der Waals surface area contributed by atoms with Crippen LogP contribution in [0.3, 0.4) is 0 Å². The van der Waals surface area contributed by atoms with Gasteiger partial charge in [-0.25, -0.2) is 4.98 Å². The smallest absolute Gasteiger partial charge is 0.242 e. The van der Waals surface area contributed by atoms with Gasteiger partial charge in [0.05, 0.1) is 24.2 Å². The van der Waals surface area contributed by atoms with E-state index in [0.717, 1.165) is 30.8 Å². The average molecular weight is 277 g/mol. The highest BCUT2D eigenvalue weighted by atomic mass is 16.5. The summed E-state index contributed by atoms with van der Waals surface area (Å²) in [6.45, 7) is 6.52. The van der Waals surface area contributed by atoms with Crippen LogP contribution in [0.5, 0.6) is 0 Å². The fraction of sp³-hybridized carbons (Fsp3) is 0.733. The summed E-state index contributed by atoms with van der Waals surface area (Å²) in [7, 11) is 0. The average Bonchev–Trinajstić information content (AvgIpc) is 3.01. The van der Waals surface area contributed by atoms with Gasteiger partial charge in [0.15, 0.2) is 0 Å². The summed E-state index contributed by atoms with van der Waals surface area (Å²) in [4.78, 5) is 18.7. The molecule has 2 fully saturated rings. The predicted octanol–water partition coefficient (Wildman–Crippen LogP) is 1.67. The molecule has 0 unspecified atom stereocenters. The van der Waals surface area contributed by atoms with E-state index < -0.39 is 0 Å². The van der Waals surface area contributed by atoms with E-state index in [-0.39, 0.29) is 11.5 Å². The fourth-order valence-corrected chi connectivity index (χ4v) is 3.33. The molecule has 0 bridgehead atoms. The summed E-state index contributed by atoms with van der Waals surface area (Å²) < 4.78 is 7.91. The van der Waals surface area contributed by atoms with E-state index in [1.807, 2.05) is 23.3 Å². The molecule has 3 rings (SSSR count). The molecule has 0 radical (unpaired) electrons. The van der Waals surface area contributed by atoms with Crippen molar-refractivity contribution in [2.45, 2.75) is 51.7 Å². The fourth-order valence-electron chi connectivity index (χ4n) is 3.33. The van der Waals surface area contributed by atoms with Crippen LogP contribution in [-0.4, -0.2) is 45.7 Å². The molecule has 0 aromatic carbocycles. The van der Waals surface area contributed by atoms with Crippen LogP contribution < -0.4 is 0 Å². The summed E-state index contributed by atoms with van der Waals surface area (Å²) in [5.41, 5.74) is 2.02. The van der Waals surface area contributed by atoms with Crippen LogP contribution in [0.4, 0.5) is 0 Å². The molecule has 1 aliphatic heterocycles. The number of morpholine rings is 1. The van der Waals surface area contributed by atoms with Crippen molar-refractivity contribution < 1.29 is 9.53 Å². The Morgan fingerprint density at radius 3 is 2.80 bits per heavy atom. The van der Waals surface area contributed by atoms with E-state index in [1.165, 1.54) is 12.8 Å². The molecule has 1 aliphatic carbocycles. The monoisotopic (exact) mass is 277 g/mol. The zero-order valence-corrected chi connectivity index (χ0v) is 12.4. The van der Waals surface area contributed by atoms with Gasteiger partial charge in [-0.2, -0.15) is 0 Å². The molecule has 5 nitrogen and oxygen atoms in total. The molecule has 110 valence electrons. The van der Waals surface area contributed by atoms with Gasteiger partial charge in [-0.1, -0.05) is 12.8 Å². The number of rotatable bonds is 2. The van der Waals surface area contributed by atoms with Gasteiger partial charge in [-0.15, -0.1) is 0 Å². The number of hydrogen-bond donors (Lipinski definition) is 0. The quantitative estimate of drug-likeness (QED) is 0.826. The molecule has 1 saturated carbocycles. The lowest BCUT2D eigenvalue weighted by molar-refractivity contribution is -0.150. The van der Waals surface area contributed by atoms with Crippen LogP contribution in [0.2, 0.25) is 0 Å². The Morgan fingerprint density at radius 2 is 2.15 bits per heavy atom. The van der Waals surface area contributed by atoms with Crippen LogP contribution in [-0.2, 0) is 16.1 Å². The van der Waals surface area contributed by atoms with Crippen LogP contribution in [0.1, 0.15) is 37.1 Å². The third kappa shape index (κ3) is 2.46. The first-order valence-electron chi connectivity index (χ1n) is 7.50. The van der Waals surface area contributed by atoms with Crippen molar-refractivity contribution in [2.24, 2.45) is 0 Å². The van der Waals surface area contributed by atoms with E-state index >= 15 is 0 Å². The number of ether oxygens (including phenoxy) is 1. The highest BCUT2D eigenvalue weighted by Gasteiger charge is 2.40. The maximum atomic E-state index is 12.5. The molecule has 2 aliphatic rings. The zero-order valence-electron chi connectivity index (χ0n) is 12.4. The Hall–Kier alpha value is -1.36. The van der Waals surface area contributed by atoms with Gasteiger partial charge >= 0.3 is 0 Å². The van der Waals surface area contributed by atoms with Crippen molar-refractivity contribution in [1.29, 1.82) is 0 Å². The molecule has 1 aromatic heterocycles. The molecule has 2 heterocycles. The number of amides is 1. The van der Waals surface area contributed by atoms with Crippen molar-refractivity contribution in [3.63, 3.8) is 0 Å². The van der Waals surface area contributed by atoms with Gasteiger partial charge < -0.3 is 14.2 Å². The number of nitrogens with zero attached hydrogens (tertiary/aromatic N) is 3. The summed E-state index contributed by atoms with van der Waals surface area (Å²) in [6.07, 6.45) is 6.40. The Labute approximate surface area is 119 Å². The lowest BCUT2D eigenvalue weighted by atomic mass is 10.00. The molecule has 5 heteroatoms. The number of carbonyl (C=O) groups excluding carboxylic acids is 1. The molecule has 1 amide bonds. The van der Waals surface area contributed by atoms with Gasteiger partial charge in [0, 0.05) is 18.8 Å². The van der Waals surface area contributed by atoms with Crippen molar-refractivity contribution in [1.82, 2.24) is 14.5 Å². The summed E-state index contributed by atoms with van der Waals surface area (Å²) in [6, 6.07) is 0. The Balaban J connectivity index is 1.66. The number of aryl methyl sites for hydroxylation is 1. The van der Waals surface area contributed by atoms with E-state index in [4.69, 9.17) is 4.74 Å². The molecule has 1 spiro atoms. The highest BCUT2D eigenvalue weighted by molar-refractivity contribution is 5.76. The number of imidazole rings is 1. The van der Waals surface area contributed by atoms with E-state index in [1.54, 1.807) is 6.33 Å². The van der Waals surface area contributed by atoms with Gasteiger partial charge in [0.2, 0.25) is 5.91 Å². The van der Waals surface area contributed by atoms with Gasteiger partial charge in [0.1, 0.15) is 6.54 Å². The van der Waals surface area contributed by atoms with Gasteiger partial charge in [0.25, 0.3) is 0 Å². The molecular formula is C15H23N3O2. The van der Waals surface area contributed by atoms with Crippen LogP contribution in [0.25, 0.3) is 0 Å². The lowest BCUT2D eigenvalue weighted by Gasteiger charge is -2.40. The first kappa shape index (κ1) is 13.6. The molecule has 20 heavy (non-hydrogen) atoms. The second-order valence-electron chi connectivity index (χ2n) is 6.10. The molecule has 1 aromatic rings. The third-order valence-corrected chi connectivity index (χ3v) is 4.77. The first-order chi connectivity index (χ1) is 9.60. The summed E-state index contributed by atoms with van der Waals surface area (Å²) in [5.74, 6) is 0.181. The van der Waals surface area contributed by atoms with E-state index in [9.17, 15) is 4.79 Å². The maximum absolute atomic E-state index is 12.5. The summed E-state index contributed by atoms with van der Waals surface area (Å²) >= 11 is 0. The first-order valence-corrected chi connectivity index (χ1v) is 7.50. The van der Waals surface area contributed by atoms with Crippen molar-refractivity contribution in [2.75, 3.05) is 19.7 Å². The standard InChI is InChI=1S/C15H23N3O2/c1-12-13(2)18(11-16-12)9-14(19)17-7-8-20-15(10-17)5-3-4-6-15/h11H,3-10H2,1-2H3. The minimum atomic E-state index is -0.0478. The Morgan fingerprint density at radius 1 is 1.40 bits per heavy atom. The SMILES string of the molecule is Cc1ncn(CC(=O)N2CCOC3(CCCC3)C2)c1C. The predicted molar refractivity (Wildman–Crippen MR) is 75.4 cm³/mol. The molecule has 0 atom stereocenters. The van der Waals surface area contributed by atoms with E-state index in [0.29, 0.717) is 19.7 Å². The highest BCUT2D eigenvalue weighted by Crippen LogP contribution is 2.35. The summed E-state index contributed by atoms with van der Waals surface area (Å²) in [5, 5.41) is 0. The van der Waals surface area contributed by atoms with Gasteiger partial charge in [-0.05, 0) is 26.7 Å². The van der Waals surface area contributed by atoms with Gasteiger partial charge in [-0.3, -0.25) is 4.79 Å². The Kier molecular flexibility index (Phi) is 3.54. The second kappa shape index (κ2) is 5.20. The Bertz CT molecular complexity index is 503. The zero-order chi connectivity index (χ0) is 14.2. The molecule has 0 N–H and O–H groups in total. The molecule has 1 saturated heterocycles. The van der Waals surface area contributed by atoms with Crippen molar-refractivity contribution in [3.05, 3.63) is 17.7 Å². The van der Waals surface area contributed by atoms with Crippen molar-refractivity contribution in [3.8, 4) is 0 Å². The number of hydrogen-bond acceptors (Lipinski definition) is 3. The number of aromatic nitrogens is 2. The molecular weight excluding hydrogens is 254 g/mol. The van der Waals surface area contributed by atoms with Crippen molar-refractivity contribution >= 4 is 5.91 Å². The lowest BCUT2D eigenvalue weighted by Crippen LogP contribution is -2.53. The van der Waals surface area contributed by atoms with Crippen LogP contribution in [0.15, 0.2) is 6.33 Å². The van der Waals surface area contributed by atoms with Crippen LogP contribution >= 0.6 is 0 Å². The minimum Gasteiger partial charge on any atom is -0.371 e. The third-order valence-electron chi connectivity index (χ3n) is 4.77. The number of carbonyl (C=O) groups is 1. The largest absolute Gasteiger partial charge is 0.371 e. The maximum Gasteiger partial charge on any atom is 0.242 e. The minimum absolute atomic E-state index is 0.0478. The van der Waals surface area contributed by atoms with E-state index in [2.05, 4.69) is 4.98 Å². The second-order valence-corrected chi connectivity index (χ2v) is 6.10. The topological polar surface area (TPSA) is 47.4 Å². The normalized spacial score (nSPS) is 21.6.